The fourth-order valence-electron chi connectivity index (χ4n) is 13.4. The fourth-order valence-corrected chi connectivity index (χ4v) is 13.4. The van der Waals surface area contributed by atoms with Gasteiger partial charge in [-0.05, 0) is 109 Å². The molecule has 53 heavy (non-hydrogen) atoms. The van der Waals surface area contributed by atoms with Crippen LogP contribution in [0.5, 0.6) is 0 Å². The SMILES string of the molecule is CC1(C)CC[C@]2(C(=O)O)CC[C@@]3(C)C(=CC[C@H]4[C@]3(C)CCC3C(C)(C)[C@@H](O[C@H]5OC[C@@H](O)[C@@H](O)[C@H]5O[C@H]5O[C@H](CO)[C@@H](O)[C@@H](O)[C@H]5O)CC[C@]34C)[C@@H]2C1. The van der Waals surface area contributed by atoms with Gasteiger partial charge in [-0.25, -0.2) is 0 Å². The lowest BCUT2D eigenvalue weighted by molar-refractivity contribution is -0.367. The number of aliphatic hydroxyl groups excluding tert-OH is 6. The summed E-state index contributed by atoms with van der Waals surface area (Å²) >= 11 is 0. The molecule has 4 saturated carbocycles. The lowest BCUT2D eigenvalue weighted by Crippen LogP contribution is -2.66. The van der Waals surface area contributed by atoms with Gasteiger partial charge in [0.25, 0.3) is 0 Å². The Balaban J connectivity index is 1.13. The van der Waals surface area contributed by atoms with E-state index in [0.717, 1.165) is 64.2 Å². The molecule has 2 aliphatic heterocycles. The molecule has 2 saturated heterocycles. The molecule has 5 aliphatic carbocycles. The summed E-state index contributed by atoms with van der Waals surface area (Å²) in [6, 6.07) is 0. The van der Waals surface area contributed by atoms with E-state index in [4.69, 9.17) is 18.9 Å². The maximum absolute atomic E-state index is 13.0. The van der Waals surface area contributed by atoms with Crippen molar-refractivity contribution in [3.05, 3.63) is 11.6 Å². The zero-order chi connectivity index (χ0) is 38.7. The third-order valence-corrected chi connectivity index (χ3v) is 16.9. The molecule has 12 heteroatoms. The minimum absolute atomic E-state index is 0.00935. The second-order valence-electron chi connectivity index (χ2n) is 20.2. The van der Waals surface area contributed by atoms with Gasteiger partial charge in [0.05, 0.1) is 24.7 Å². The predicted molar refractivity (Wildman–Crippen MR) is 192 cm³/mol. The molecule has 17 atom stereocenters. The topological polar surface area (TPSA) is 196 Å². The Morgan fingerprint density at radius 1 is 0.811 bits per heavy atom. The van der Waals surface area contributed by atoms with Crippen molar-refractivity contribution in [1.82, 2.24) is 0 Å². The highest BCUT2D eigenvalue weighted by atomic mass is 16.8. The number of allylic oxidation sites excluding steroid dienone is 2. The van der Waals surface area contributed by atoms with Gasteiger partial charge in [-0.15, -0.1) is 0 Å². The maximum Gasteiger partial charge on any atom is 0.310 e. The molecular formula is C41H66O12. The summed E-state index contributed by atoms with van der Waals surface area (Å²) in [7, 11) is 0. The molecule has 0 aromatic heterocycles. The van der Waals surface area contributed by atoms with Gasteiger partial charge in [0.1, 0.15) is 42.7 Å². The Labute approximate surface area is 314 Å². The van der Waals surface area contributed by atoms with E-state index >= 15 is 0 Å². The molecule has 0 aromatic carbocycles. The number of hydrogen-bond acceptors (Lipinski definition) is 11. The number of ether oxygens (including phenoxy) is 4. The molecule has 0 aromatic rings. The Morgan fingerprint density at radius 3 is 2.19 bits per heavy atom. The van der Waals surface area contributed by atoms with Crippen LogP contribution in [0.3, 0.4) is 0 Å². The Hall–Kier alpha value is -1.19. The first-order valence-electron chi connectivity index (χ1n) is 20.2. The highest BCUT2D eigenvalue weighted by Crippen LogP contribution is 2.76. The van der Waals surface area contributed by atoms with Crippen molar-refractivity contribution in [1.29, 1.82) is 0 Å². The van der Waals surface area contributed by atoms with Crippen molar-refractivity contribution in [3.8, 4) is 0 Å². The molecule has 12 nitrogen and oxygen atoms in total. The van der Waals surface area contributed by atoms with Gasteiger partial charge in [0.15, 0.2) is 12.6 Å². The van der Waals surface area contributed by atoms with Crippen LogP contribution in [0.15, 0.2) is 11.6 Å². The molecule has 0 amide bonds. The normalized spacial score (nSPS) is 53.3. The number of carboxylic acids is 1. The number of rotatable bonds is 6. The van der Waals surface area contributed by atoms with Gasteiger partial charge in [-0.3, -0.25) is 4.79 Å². The summed E-state index contributed by atoms with van der Waals surface area (Å²) in [5.74, 6) is 0.147. The standard InChI is InChI=1S/C41H66O12/c1-36(2)14-16-41(35(48)49)17-15-39(6)21(22(41)18-36)8-9-26-38(5)12-11-27(37(3,4)25(38)10-13-40(26,39)7)52-34-32(28(44)23(43)20-50-34)53-33-31(47)30(46)29(45)24(19-42)51-33/h8,22-34,42-47H,9-20H2,1-7H3,(H,48,49)/t22-,23+,24+,25?,26+,27-,28+,29+,30+,31+,32+,33+,34+,38+,39-,40-,41-/m0/s1. The van der Waals surface area contributed by atoms with E-state index in [1.165, 1.54) is 5.57 Å². The summed E-state index contributed by atoms with van der Waals surface area (Å²) in [5, 5.41) is 73.3. The molecule has 6 fully saturated rings. The van der Waals surface area contributed by atoms with Crippen molar-refractivity contribution < 1.29 is 59.5 Å². The van der Waals surface area contributed by atoms with E-state index in [9.17, 15) is 40.5 Å². The van der Waals surface area contributed by atoms with E-state index in [-0.39, 0.29) is 45.7 Å². The van der Waals surface area contributed by atoms with Crippen LogP contribution in [0.1, 0.15) is 113 Å². The summed E-state index contributed by atoms with van der Waals surface area (Å²) in [4.78, 5) is 13.0. The number of carboxylic acid groups (broad SMARTS) is 1. The quantitative estimate of drug-likeness (QED) is 0.155. The lowest BCUT2D eigenvalue weighted by atomic mass is 9.33. The molecule has 7 aliphatic rings. The van der Waals surface area contributed by atoms with E-state index < -0.39 is 73.3 Å². The van der Waals surface area contributed by atoms with Crippen LogP contribution in [0.25, 0.3) is 0 Å². The first-order valence-corrected chi connectivity index (χ1v) is 20.2. The van der Waals surface area contributed by atoms with Crippen LogP contribution in [0.4, 0.5) is 0 Å². The van der Waals surface area contributed by atoms with E-state index in [2.05, 4.69) is 54.5 Å². The first-order chi connectivity index (χ1) is 24.7. The van der Waals surface area contributed by atoms with Crippen molar-refractivity contribution >= 4 is 5.97 Å². The maximum atomic E-state index is 13.0. The third kappa shape index (κ3) is 5.94. The number of aliphatic carboxylic acids is 1. The van der Waals surface area contributed by atoms with Gasteiger partial charge in [-0.1, -0.05) is 60.1 Å². The fraction of sp³-hybridized carbons (Fsp3) is 0.927. The number of fused-ring (bicyclic) bond motifs is 7. The van der Waals surface area contributed by atoms with Crippen molar-refractivity contribution in [2.75, 3.05) is 13.2 Å². The minimum atomic E-state index is -1.69. The van der Waals surface area contributed by atoms with Gasteiger partial charge in [-0.2, -0.15) is 0 Å². The Morgan fingerprint density at radius 2 is 1.51 bits per heavy atom. The second kappa shape index (κ2) is 13.5. The number of aliphatic hydroxyl groups is 6. The second-order valence-corrected chi connectivity index (χ2v) is 20.2. The zero-order valence-corrected chi connectivity index (χ0v) is 32.7. The van der Waals surface area contributed by atoms with Crippen LogP contribution in [0.2, 0.25) is 0 Å². The van der Waals surface area contributed by atoms with E-state index in [1.54, 1.807) is 0 Å². The monoisotopic (exact) mass is 750 g/mol. The average molecular weight is 751 g/mol. The molecule has 7 rings (SSSR count). The molecule has 2 heterocycles. The highest BCUT2D eigenvalue weighted by molar-refractivity contribution is 5.76. The average Bonchev–Trinajstić information content (AvgIpc) is 3.08. The summed E-state index contributed by atoms with van der Waals surface area (Å²) in [6.45, 7) is 15.7. The molecular weight excluding hydrogens is 684 g/mol. The lowest BCUT2D eigenvalue weighted by Gasteiger charge is -2.71. The highest BCUT2D eigenvalue weighted by Gasteiger charge is 2.69. The smallest absolute Gasteiger partial charge is 0.310 e. The zero-order valence-electron chi connectivity index (χ0n) is 32.7. The van der Waals surface area contributed by atoms with Crippen LogP contribution in [-0.2, 0) is 23.7 Å². The molecule has 0 spiro atoms. The van der Waals surface area contributed by atoms with Crippen LogP contribution < -0.4 is 0 Å². The minimum Gasteiger partial charge on any atom is -0.481 e. The van der Waals surface area contributed by atoms with Crippen LogP contribution in [0, 0.1) is 50.2 Å². The molecule has 7 N–H and O–H groups in total. The number of hydrogen-bond donors (Lipinski definition) is 7. The van der Waals surface area contributed by atoms with Crippen molar-refractivity contribution in [2.24, 2.45) is 50.2 Å². The van der Waals surface area contributed by atoms with Gasteiger partial charge in [0.2, 0.25) is 0 Å². The van der Waals surface area contributed by atoms with E-state index in [1.807, 2.05) is 0 Å². The summed E-state index contributed by atoms with van der Waals surface area (Å²) in [5.41, 5.74) is 0.450. The van der Waals surface area contributed by atoms with Crippen LogP contribution >= 0.6 is 0 Å². The molecule has 302 valence electrons. The Kier molecular flexibility index (Phi) is 10.2. The molecule has 0 radical (unpaired) electrons. The van der Waals surface area contributed by atoms with Gasteiger partial charge >= 0.3 is 5.97 Å². The summed E-state index contributed by atoms with van der Waals surface area (Å²) < 4.78 is 24.3. The largest absolute Gasteiger partial charge is 0.481 e. The summed E-state index contributed by atoms with van der Waals surface area (Å²) in [6.07, 6.45) is -1.79. The predicted octanol–water partition coefficient (Wildman–Crippen LogP) is 3.52. The molecule has 0 bridgehead atoms. The van der Waals surface area contributed by atoms with Gasteiger partial charge < -0.3 is 54.7 Å². The van der Waals surface area contributed by atoms with Gasteiger partial charge in [0, 0.05) is 0 Å². The van der Waals surface area contributed by atoms with E-state index in [0.29, 0.717) is 11.8 Å². The van der Waals surface area contributed by atoms with Crippen molar-refractivity contribution in [2.45, 2.75) is 174 Å². The van der Waals surface area contributed by atoms with Crippen molar-refractivity contribution in [3.63, 3.8) is 0 Å². The molecule has 1 unspecified atom stereocenters. The third-order valence-electron chi connectivity index (χ3n) is 16.9. The van der Waals surface area contributed by atoms with Crippen LogP contribution in [-0.4, -0.2) is 116 Å². The first kappa shape index (κ1) is 40.0. The Bertz CT molecular complexity index is 1430. The number of carbonyl (C=O) groups is 1.